The SMILES string of the molecule is CC(C)C(=O)SCCCCCCC(=O)Nc1cccc(-c2ccccc2)c1. The van der Waals surface area contributed by atoms with Crippen LogP contribution in [0.1, 0.15) is 46.0 Å². The normalized spacial score (nSPS) is 10.8. The van der Waals surface area contributed by atoms with E-state index in [0.717, 1.165) is 48.3 Å². The maximum Gasteiger partial charge on any atom is 0.224 e. The first-order valence-electron chi connectivity index (χ1n) is 9.68. The monoisotopic (exact) mass is 383 g/mol. The fourth-order valence-corrected chi connectivity index (χ4v) is 3.59. The number of carbonyl (C=O) groups is 2. The number of anilines is 1. The Labute approximate surface area is 166 Å². The van der Waals surface area contributed by atoms with Crippen molar-refractivity contribution in [2.75, 3.05) is 11.1 Å². The molecule has 0 radical (unpaired) electrons. The second-order valence-electron chi connectivity index (χ2n) is 6.98. The first kappa shape index (κ1) is 21.2. The van der Waals surface area contributed by atoms with Crippen molar-refractivity contribution in [2.24, 2.45) is 5.92 Å². The Morgan fingerprint density at radius 2 is 1.59 bits per heavy atom. The van der Waals surface area contributed by atoms with Gasteiger partial charge in [-0.1, -0.05) is 80.9 Å². The Hall–Kier alpha value is -2.07. The van der Waals surface area contributed by atoms with E-state index >= 15 is 0 Å². The smallest absolute Gasteiger partial charge is 0.224 e. The zero-order chi connectivity index (χ0) is 19.5. The first-order chi connectivity index (χ1) is 13.1. The lowest BCUT2D eigenvalue weighted by molar-refractivity contribution is -0.116. The highest BCUT2D eigenvalue weighted by Crippen LogP contribution is 2.22. The van der Waals surface area contributed by atoms with Gasteiger partial charge < -0.3 is 5.32 Å². The van der Waals surface area contributed by atoms with Crippen LogP contribution in [-0.4, -0.2) is 16.8 Å². The van der Waals surface area contributed by atoms with Crippen molar-refractivity contribution in [3.8, 4) is 11.1 Å². The predicted octanol–water partition coefficient (Wildman–Crippen LogP) is 6.16. The Morgan fingerprint density at radius 1 is 0.889 bits per heavy atom. The third-order valence-electron chi connectivity index (χ3n) is 4.27. The molecule has 1 amide bonds. The topological polar surface area (TPSA) is 46.2 Å². The molecule has 1 N–H and O–H groups in total. The van der Waals surface area contributed by atoms with Crippen LogP contribution in [0.2, 0.25) is 0 Å². The molecule has 3 nitrogen and oxygen atoms in total. The molecule has 0 saturated heterocycles. The summed E-state index contributed by atoms with van der Waals surface area (Å²) in [4.78, 5) is 23.7. The summed E-state index contributed by atoms with van der Waals surface area (Å²) >= 11 is 1.43. The third-order valence-corrected chi connectivity index (χ3v) is 5.52. The standard InChI is InChI=1S/C23H29NO2S/c1-18(2)23(26)27-16-9-4-3-8-15-22(25)24-21-14-10-13-20(17-21)19-11-6-5-7-12-19/h5-7,10-14,17-18H,3-4,8-9,15-16H2,1-2H3,(H,24,25). The minimum absolute atomic E-state index is 0.0598. The molecule has 0 aliphatic rings. The molecule has 4 heteroatoms. The van der Waals surface area contributed by atoms with Crippen LogP contribution in [-0.2, 0) is 9.59 Å². The summed E-state index contributed by atoms with van der Waals surface area (Å²) in [7, 11) is 0. The summed E-state index contributed by atoms with van der Waals surface area (Å²) in [5.74, 6) is 1.05. The van der Waals surface area contributed by atoms with E-state index in [9.17, 15) is 9.59 Å². The number of nitrogens with one attached hydrogen (secondary N) is 1. The summed E-state index contributed by atoms with van der Waals surface area (Å²) < 4.78 is 0. The fraction of sp³-hybridized carbons (Fsp3) is 0.391. The molecule has 2 aromatic rings. The largest absolute Gasteiger partial charge is 0.326 e. The maximum absolute atomic E-state index is 12.2. The minimum Gasteiger partial charge on any atom is -0.326 e. The molecule has 0 bridgehead atoms. The molecular formula is C23H29NO2S. The summed E-state index contributed by atoms with van der Waals surface area (Å²) in [6.07, 6.45) is 4.54. The van der Waals surface area contributed by atoms with Gasteiger partial charge in [0, 0.05) is 23.8 Å². The Kier molecular flexibility index (Phi) is 9.12. The van der Waals surface area contributed by atoms with E-state index in [-0.39, 0.29) is 16.9 Å². The maximum atomic E-state index is 12.2. The lowest BCUT2D eigenvalue weighted by Crippen LogP contribution is -2.11. The van der Waals surface area contributed by atoms with Crippen molar-refractivity contribution in [3.05, 3.63) is 54.6 Å². The van der Waals surface area contributed by atoms with Gasteiger partial charge in [-0.05, 0) is 36.1 Å². The highest BCUT2D eigenvalue weighted by molar-refractivity contribution is 8.13. The minimum atomic E-state index is 0.0598. The van der Waals surface area contributed by atoms with E-state index in [4.69, 9.17) is 0 Å². The van der Waals surface area contributed by atoms with Gasteiger partial charge in [0.1, 0.15) is 0 Å². The van der Waals surface area contributed by atoms with Crippen molar-refractivity contribution in [2.45, 2.75) is 46.0 Å². The van der Waals surface area contributed by atoms with Gasteiger partial charge >= 0.3 is 0 Å². The van der Waals surface area contributed by atoms with Crippen molar-refractivity contribution >= 4 is 28.5 Å². The highest BCUT2D eigenvalue weighted by atomic mass is 32.2. The van der Waals surface area contributed by atoms with Crippen LogP contribution < -0.4 is 5.32 Å². The molecular weight excluding hydrogens is 354 g/mol. The summed E-state index contributed by atoms with van der Waals surface area (Å²) in [6, 6.07) is 18.1. The van der Waals surface area contributed by atoms with E-state index in [2.05, 4.69) is 17.4 Å². The van der Waals surface area contributed by atoms with Gasteiger partial charge in [-0.3, -0.25) is 9.59 Å². The van der Waals surface area contributed by atoms with Gasteiger partial charge in [0.05, 0.1) is 0 Å². The Balaban J connectivity index is 1.66. The average Bonchev–Trinajstić information content (AvgIpc) is 2.68. The second-order valence-corrected chi connectivity index (χ2v) is 8.08. The molecule has 0 fully saturated rings. The van der Waals surface area contributed by atoms with Gasteiger partial charge in [0.2, 0.25) is 5.91 Å². The number of carbonyl (C=O) groups excluding carboxylic acids is 2. The Bertz CT molecular complexity index is 728. The Morgan fingerprint density at radius 3 is 2.33 bits per heavy atom. The van der Waals surface area contributed by atoms with Crippen molar-refractivity contribution < 1.29 is 9.59 Å². The van der Waals surface area contributed by atoms with E-state index in [0.29, 0.717) is 6.42 Å². The third kappa shape index (κ3) is 8.00. The summed E-state index contributed by atoms with van der Waals surface area (Å²) in [5, 5.41) is 3.26. The fourth-order valence-electron chi connectivity index (χ4n) is 2.71. The number of unbranched alkanes of at least 4 members (excludes halogenated alkanes) is 3. The quantitative estimate of drug-likeness (QED) is 0.500. The molecule has 27 heavy (non-hydrogen) atoms. The second kappa shape index (κ2) is 11.6. The molecule has 0 saturated carbocycles. The average molecular weight is 384 g/mol. The molecule has 0 atom stereocenters. The van der Waals surface area contributed by atoms with Gasteiger partial charge in [0.25, 0.3) is 0 Å². The summed E-state index contributed by atoms with van der Waals surface area (Å²) in [6.45, 7) is 3.87. The van der Waals surface area contributed by atoms with Crippen LogP contribution in [0.3, 0.4) is 0 Å². The van der Waals surface area contributed by atoms with Crippen LogP contribution in [0, 0.1) is 5.92 Å². The van der Waals surface area contributed by atoms with E-state index in [1.165, 1.54) is 11.8 Å². The zero-order valence-electron chi connectivity index (χ0n) is 16.2. The number of rotatable bonds is 10. The first-order valence-corrected chi connectivity index (χ1v) is 10.7. The molecule has 0 aliphatic carbocycles. The summed E-state index contributed by atoms with van der Waals surface area (Å²) in [5.41, 5.74) is 3.08. The van der Waals surface area contributed by atoms with Gasteiger partial charge in [0.15, 0.2) is 5.12 Å². The van der Waals surface area contributed by atoms with E-state index in [1.807, 2.05) is 56.3 Å². The number of hydrogen-bond donors (Lipinski definition) is 1. The molecule has 0 heterocycles. The van der Waals surface area contributed by atoms with E-state index in [1.54, 1.807) is 0 Å². The van der Waals surface area contributed by atoms with Crippen LogP contribution in [0.25, 0.3) is 11.1 Å². The van der Waals surface area contributed by atoms with Crippen LogP contribution in [0.5, 0.6) is 0 Å². The van der Waals surface area contributed by atoms with Crippen LogP contribution in [0.4, 0.5) is 5.69 Å². The van der Waals surface area contributed by atoms with Crippen LogP contribution >= 0.6 is 11.8 Å². The van der Waals surface area contributed by atoms with Gasteiger partial charge in [-0.25, -0.2) is 0 Å². The van der Waals surface area contributed by atoms with E-state index < -0.39 is 0 Å². The lowest BCUT2D eigenvalue weighted by atomic mass is 10.1. The highest BCUT2D eigenvalue weighted by Gasteiger charge is 2.07. The molecule has 0 unspecified atom stereocenters. The zero-order valence-corrected chi connectivity index (χ0v) is 17.1. The van der Waals surface area contributed by atoms with Gasteiger partial charge in [-0.2, -0.15) is 0 Å². The van der Waals surface area contributed by atoms with Gasteiger partial charge in [-0.15, -0.1) is 0 Å². The number of benzene rings is 2. The molecule has 2 aromatic carbocycles. The predicted molar refractivity (Wildman–Crippen MR) is 116 cm³/mol. The molecule has 0 aliphatic heterocycles. The van der Waals surface area contributed by atoms with Crippen molar-refractivity contribution in [3.63, 3.8) is 0 Å². The number of thioether (sulfide) groups is 1. The lowest BCUT2D eigenvalue weighted by Gasteiger charge is -2.08. The van der Waals surface area contributed by atoms with Crippen molar-refractivity contribution in [1.29, 1.82) is 0 Å². The van der Waals surface area contributed by atoms with Crippen molar-refractivity contribution in [1.82, 2.24) is 0 Å². The number of amides is 1. The molecule has 0 aromatic heterocycles. The van der Waals surface area contributed by atoms with Crippen LogP contribution in [0.15, 0.2) is 54.6 Å². The molecule has 2 rings (SSSR count). The molecule has 0 spiro atoms. The molecule has 144 valence electrons. The number of hydrogen-bond acceptors (Lipinski definition) is 3.